The fourth-order valence-corrected chi connectivity index (χ4v) is 0.340. The first-order valence-electron chi connectivity index (χ1n) is 1.28. The maximum atomic E-state index is 9.41. The normalized spacial score (nSPS) is 6.86. The molecule has 0 saturated heterocycles. The molecule has 0 bridgehead atoms. The molecular formula is C2H2O3S2. The third kappa shape index (κ3) is 5.74. The van der Waals surface area contributed by atoms with Gasteiger partial charge in [0.1, 0.15) is 33.6 Å². The highest BCUT2D eigenvalue weighted by Crippen LogP contribution is 1.46. The van der Waals surface area contributed by atoms with Crippen LogP contribution in [0.4, 0.5) is 0 Å². The van der Waals surface area contributed by atoms with Gasteiger partial charge in [-0.05, 0) is 0 Å². The van der Waals surface area contributed by atoms with Crippen LogP contribution in [-0.2, 0) is 27.2 Å². The lowest BCUT2D eigenvalue weighted by molar-refractivity contribution is 0.615. The van der Waals surface area contributed by atoms with Crippen molar-refractivity contribution < 1.29 is 13.2 Å². The molecule has 0 N–H and O–H groups in total. The molecule has 0 unspecified atom stereocenters. The Hall–Kier alpha value is -0.260. The van der Waals surface area contributed by atoms with Gasteiger partial charge < -0.3 is 0 Å². The molecule has 0 aliphatic carbocycles. The number of hydrogen-bond acceptors (Lipinski definition) is 3. The third-order valence-corrected chi connectivity index (χ3v) is 0.569. The molecule has 0 atom stereocenters. The summed E-state index contributed by atoms with van der Waals surface area (Å²) in [4.78, 5) is 0. The van der Waals surface area contributed by atoms with Crippen molar-refractivity contribution in [2.45, 2.75) is 0 Å². The molecule has 0 aromatic rings. The Balaban J connectivity index is 3.33. The van der Waals surface area contributed by atoms with E-state index in [1.165, 1.54) is 0 Å². The van der Waals surface area contributed by atoms with Crippen LogP contribution in [0.2, 0.25) is 0 Å². The second-order valence-corrected chi connectivity index (χ2v) is 1.29. The SMILES string of the molecule is O=S=COC=S=O. The summed E-state index contributed by atoms with van der Waals surface area (Å²) >= 11 is 0.322. The predicted molar refractivity (Wildman–Crippen MR) is 29.5 cm³/mol. The summed E-state index contributed by atoms with van der Waals surface area (Å²) in [5.41, 5.74) is 1.84. The van der Waals surface area contributed by atoms with Crippen LogP contribution in [0, 0.1) is 0 Å². The van der Waals surface area contributed by atoms with Crippen molar-refractivity contribution in [3.8, 4) is 0 Å². The van der Waals surface area contributed by atoms with Crippen LogP contribution in [-0.4, -0.2) is 19.5 Å². The van der Waals surface area contributed by atoms with Crippen LogP contribution in [0.3, 0.4) is 0 Å². The minimum Gasteiger partial charge on any atom is -0.298 e. The largest absolute Gasteiger partial charge is 0.298 e. The Morgan fingerprint density at radius 3 is 1.86 bits per heavy atom. The van der Waals surface area contributed by atoms with E-state index in [1.54, 1.807) is 0 Å². The summed E-state index contributed by atoms with van der Waals surface area (Å²) in [6.07, 6.45) is 0. The van der Waals surface area contributed by atoms with Gasteiger partial charge in [-0.25, -0.2) is 8.42 Å². The van der Waals surface area contributed by atoms with E-state index >= 15 is 0 Å². The van der Waals surface area contributed by atoms with Crippen molar-refractivity contribution in [1.82, 2.24) is 0 Å². The Labute approximate surface area is 47.4 Å². The van der Waals surface area contributed by atoms with Crippen LogP contribution in [0.1, 0.15) is 0 Å². The first-order chi connectivity index (χ1) is 3.41. The summed E-state index contributed by atoms with van der Waals surface area (Å²) < 4.78 is 23.0. The van der Waals surface area contributed by atoms with Gasteiger partial charge in [-0.3, -0.25) is 4.74 Å². The lowest BCUT2D eigenvalue weighted by Crippen LogP contribution is -1.79. The lowest BCUT2D eigenvalue weighted by atomic mass is 11.5. The van der Waals surface area contributed by atoms with Crippen molar-refractivity contribution in [3.05, 3.63) is 0 Å². The van der Waals surface area contributed by atoms with E-state index in [0.717, 1.165) is 11.1 Å². The van der Waals surface area contributed by atoms with Gasteiger partial charge in [0.15, 0.2) is 0 Å². The van der Waals surface area contributed by atoms with E-state index < -0.39 is 0 Å². The molecule has 0 aromatic heterocycles. The van der Waals surface area contributed by atoms with E-state index in [4.69, 9.17) is 0 Å². The molecule has 3 nitrogen and oxygen atoms in total. The predicted octanol–water partition coefficient (Wildman–Crippen LogP) is -1.05. The highest BCUT2D eigenvalue weighted by atomic mass is 32.1. The molecule has 0 spiro atoms. The molecule has 0 heterocycles. The molecule has 0 rings (SSSR count). The zero-order chi connectivity index (χ0) is 5.54. The molecule has 0 fully saturated rings. The summed E-state index contributed by atoms with van der Waals surface area (Å²) in [5, 5.41) is 0. The fourth-order valence-electron chi connectivity index (χ4n) is 0.0680. The minimum absolute atomic E-state index is 0.161. The highest BCUT2D eigenvalue weighted by Gasteiger charge is 1.61. The standard InChI is InChI=1S/C2H2O3S2/c3-6-1-5-2-7-4/h1-2H. The summed E-state index contributed by atoms with van der Waals surface area (Å²) in [7, 11) is 0. The van der Waals surface area contributed by atoms with E-state index in [2.05, 4.69) is 4.74 Å². The van der Waals surface area contributed by atoms with Gasteiger partial charge in [0.2, 0.25) is 0 Å². The highest BCUT2D eigenvalue weighted by molar-refractivity contribution is 7.65. The van der Waals surface area contributed by atoms with Gasteiger partial charge in [0.25, 0.3) is 0 Å². The smallest absolute Gasteiger partial charge is 0.139 e. The van der Waals surface area contributed by atoms with Crippen LogP contribution < -0.4 is 0 Å². The fraction of sp³-hybridized carbons (Fsp3) is 0. The second kappa shape index (κ2) is 5.74. The molecule has 0 radical (unpaired) electrons. The lowest BCUT2D eigenvalue weighted by Gasteiger charge is -1.67. The summed E-state index contributed by atoms with van der Waals surface area (Å²) in [6, 6.07) is 0. The zero-order valence-corrected chi connectivity index (χ0v) is 4.83. The van der Waals surface area contributed by atoms with Crippen LogP contribution in [0.25, 0.3) is 0 Å². The molecule has 0 amide bonds. The van der Waals surface area contributed by atoms with Crippen molar-refractivity contribution in [3.63, 3.8) is 0 Å². The number of hydrogen-bond donors (Lipinski definition) is 0. The van der Waals surface area contributed by atoms with Crippen LogP contribution in [0.15, 0.2) is 0 Å². The third-order valence-electron chi connectivity index (χ3n) is 0.190. The molecule has 5 heteroatoms. The Morgan fingerprint density at radius 2 is 1.57 bits per heavy atom. The average Bonchev–Trinajstić information content (AvgIpc) is 1.69. The molecule has 0 aliphatic rings. The zero-order valence-electron chi connectivity index (χ0n) is 3.20. The molecule has 0 aliphatic heterocycles. The van der Waals surface area contributed by atoms with Crippen molar-refractivity contribution in [1.29, 1.82) is 0 Å². The second-order valence-electron chi connectivity index (χ2n) is 0.521. The van der Waals surface area contributed by atoms with Crippen molar-refractivity contribution in [2.24, 2.45) is 0 Å². The quantitative estimate of drug-likeness (QED) is 0.457. The van der Waals surface area contributed by atoms with Crippen LogP contribution in [0.5, 0.6) is 0 Å². The van der Waals surface area contributed by atoms with E-state index in [0.29, 0.717) is 0 Å². The first kappa shape index (κ1) is 6.74. The Morgan fingerprint density at radius 1 is 1.14 bits per heavy atom. The number of ether oxygens (including phenoxy) is 1. The molecule has 7 heavy (non-hydrogen) atoms. The molecular weight excluding hydrogens is 136 g/mol. The number of rotatable bonds is 2. The van der Waals surface area contributed by atoms with Crippen molar-refractivity contribution >= 4 is 33.6 Å². The first-order valence-corrected chi connectivity index (χ1v) is 2.89. The Kier molecular flexibility index (Phi) is 5.53. The van der Waals surface area contributed by atoms with Crippen LogP contribution >= 0.6 is 0 Å². The average molecular weight is 138 g/mol. The summed E-state index contributed by atoms with van der Waals surface area (Å²) in [5.74, 6) is 0. The monoisotopic (exact) mass is 138 g/mol. The Bertz CT molecular complexity index is 114. The minimum atomic E-state index is 0.161. The van der Waals surface area contributed by atoms with Crippen molar-refractivity contribution in [2.75, 3.05) is 0 Å². The van der Waals surface area contributed by atoms with Gasteiger partial charge in [0.05, 0.1) is 0 Å². The maximum Gasteiger partial charge on any atom is 0.139 e. The van der Waals surface area contributed by atoms with Gasteiger partial charge >= 0.3 is 0 Å². The van der Waals surface area contributed by atoms with E-state index in [-0.39, 0.29) is 22.5 Å². The van der Waals surface area contributed by atoms with E-state index in [1.807, 2.05) is 0 Å². The van der Waals surface area contributed by atoms with Gasteiger partial charge in [-0.15, -0.1) is 0 Å². The van der Waals surface area contributed by atoms with Gasteiger partial charge in [-0.1, -0.05) is 0 Å². The topological polar surface area (TPSA) is 43.4 Å². The molecule has 0 saturated carbocycles. The maximum absolute atomic E-state index is 9.41. The molecule has 0 aromatic carbocycles. The molecule has 40 valence electrons. The van der Waals surface area contributed by atoms with Gasteiger partial charge in [0, 0.05) is 0 Å². The summed E-state index contributed by atoms with van der Waals surface area (Å²) in [6.45, 7) is 0. The van der Waals surface area contributed by atoms with E-state index in [9.17, 15) is 8.42 Å². The van der Waals surface area contributed by atoms with Gasteiger partial charge in [-0.2, -0.15) is 0 Å².